The average molecular weight is 228 g/mol. The largest absolute Gasteiger partial charge is 0.469 e. The minimum atomic E-state index is -0.391. The van der Waals surface area contributed by atoms with Crippen molar-refractivity contribution in [2.24, 2.45) is 5.92 Å². The van der Waals surface area contributed by atoms with Gasteiger partial charge in [0.15, 0.2) is 0 Å². The second kappa shape index (κ2) is 4.04. The molecule has 0 radical (unpaired) electrons. The average Bonchev–Trinajstić information content (AvgIpc) is 3.05. The summed E-state index contributed by atoms with van der Waals surface area (Å²) in [5.74, 6) is 1.70. The molecule has 1 saturated carbocycles. The van der Waals surface area contributed by atoms with E-state index in [4.69, 9.17) is 4.42 Å². The van der Waals surface area contributed by atoms with Crippen LogP contribution >= 0.6 is 0 Å². The van der Waals surface area contributed by atoms with Crippen molar-refractivity contribution >= 4 is 0 Å². The van der Waals surface area contributed by atoms with Crippen LogP contribution < -0.4 is 0 Å². The topological polar surface area (TPSA) is 33.4 Å². The van der Waals surface area contributed by atoms with Crippen LogP contribution in [0.1, 0.15) is 35.3 Å². The number of hydrogen-bond donors (Lipinski definition) is 1. The van der Waals surface area contributed by atoms with Gasteiger partial charge in [-0.15, -0.1) is 0 Å². The summed E-state index contributed by atoms with van der Waals surface area (Å²) in [7, 11) is 0. The number of benzene rings is 1. The Labute approximate surface area is 101 Å². The zero-order chi connectivity index (χ0) is 11.8. The smallest absolute Gasteiger partial charge is 0.101 e. The molecule has 3 rings (SSSR count). The first kappa shape index (κ1) is 10.6. The number of rotatable bonds is 3. The van der Waals surface area contributed by atoms with Crippen LogP contribution in [0.4, 0.5) is 0 Å². The van der Waals surface area contributed by atoms with E-state index >= 15 is 0 Å². The second-order valence-corrected chi connectivity index (χ2v) is 4.85. The summed E-state index contributed by atoms with van der Waals surface area (Å²) < 4.78 is 5.24. The molecular weight excluding hydrogens is 212 g/mol. The van der Waals surface area contributed by atoms with Crippen molar-refractivity contribution in [1.82, 2.24) is 0 Å². The SMILES string of the molecule is Cc1cc(C(O)C2CC2c2ccccc2)co1. The molecule has 3 unspecified atom stereocenters. The molecule has 1 fully saturated rings. The zero-order valence-electron chi connectivity index (χ0n) is 9.84. The summed E-state index contributed by atoms with van der Waals surface area (Å²) in [6, 6.07) is 12.3. The van der Waals surface area contributed by atoms with Crippen LogP contribution in [0.5, 0.6) is 0 Å². The first-order valence-electron chi connectivity index (χ1n) is 6.04. The van der Waals surface area contributed by atoms with Gasteiger partial charge in [0.25, 0.3) is 0 Å². The molecular formula is C15H16O2. The van der Waals surface area contributed by atoms with Crippen LogP contribution in [-0.2, 0) is 0 Å². The summed E-state index contributed by atoms with van der Waals surface area (Å²) in [6.45, 7) is 1.90. The van der Waals surface area contributed by atoms with Gasteiger partial charge in [-0.3, -0.25) is 0 Å². The van der Waals surface area contributed by atoms with E-state index in [2.05, 4.69) is 24.3 Å². The lowest BCUT2D eigenvalue weighted by Crippen LogP contribution is -1.99. The number of hydrogen-bond acceptors (Lipinski definition) is 2. The molecule has 1 aromatic heterocycles. The predicted molar refractivity (Wildman–Crippen MR) is 65.7 cm³/mol. The summed E-state index contributed by atoms with van der Waals surface area (Å²) in [6.07, 6.45) is 2.34. The van der Waals surface area contributed by atoms with Gasteiger partial charge in [-0.2, -0.15) is 0 Å². The van der Waals surface area contributed by atoms with Crippen molar-refractivity contribution in [1.29, 1.82) is 0 Å². The Bertz CT molecular complexity index is 501. The highest BCUT2D eigenvalue weighted by molar-refractivity contribution is 5.29. The van der Waals surface area contributed by atoms with Crippen LogP contribution in [0.2, 0.25) is 0 Å². The minimum absolute atomic E-state index is 0.342. The molecule has 2 heteroatoms. The van der Waals surface area contributed by atoms with E-state index in [0.717, 1.165) is 17.7 Å². The lowest BCUT2D eigenvalue weighted by Gasteiger charge is -2.07. The van der Waals surface area contributed by atoms with Gasteiger partial charge in [-0.25, -0.2) is 0 Å². The highest BCUT2D eigenvalue weighted by Crippen LogP contribution is 2.54. The molecule has 1 aliphatic carbocycles. The first-order valence-corrected chi connectivity index (χ1v) is 6.04. The molecule has 0 spiro atoms. The van der Waals surface area contributed by atoms with Crippen molar-refractivity contribution in [3.63, 3.8) is 0 Å². The van der Waals surface area contributed by atoms with Crippen molar-refractivity contribution in [2.45, 2.75) is 25.4 Å². The fourth-order valence-electron chi connectivity index (χ4n) is 2.51. The first-order chi connectivity index (χ1) is 8.25. The molecule has 0 bridgehead atoms. The van der Waals surface area contributed by atoms with Crippen molar-refractivity contribution in [3.05, 3.63) is 59.5 Å². The third-order valence-corrected chi connectivity index (χ3v) is 3.57. The van der Waals surface area contributed by atoms with Crippen molar-refractivity contribution < 1.29 is 9.52 Å². The molecule has 2 nitrogen and oxygen atoms in total. The molecule has 3 atom stereocenters. The zero-order valence-corrected chi connectivity index (χ0v) is 9.84. The van der Waals surface area contributed by atoms with E-state index in [0.29, 0.717) is 11.8 Å². The normalized spacial score (nSPS) is 24.6. The molecule has 2 aromatic rings. The van der Waals surface area contributed by atoms with E-state index in [9.17, 15) is 5.11 Å². The van der Waals surface area contributed by atoms with E-state index in [1.54, 1.807) is 6.26 Å². The highest BCUT2D eigenvalue weighted by atomic mass is 16.3. The Hall–Kier alpha value is -1.54. The molecule has 0 aliphatic heterocycles. The van der Waals surface area contributed by atoms with Gasteiger partial charge in [-0.1, -0.05) is 30.3 Å². The number of aliphatic hydroxyl groups excluding tert-OH is 1. The van der Waals surface area contributed by atoms with Crippen LogP contribution in [0, 0.1) is 12.8 Å². The van der Waals surface area contributed by atoms with Crippen molar-refractivity contribution in [2.75, 3.05) is 0 Å². The minimum Gasteiger partial charge on any atom is -0.469 e. The molecule has 17 heavy (non-hydrogen) atoms. The lowest BCUT2D eigenvalue weighted by molar-refractivity contribution is 0.150. The molecule has 0 saturated heterocycles. The quantitative estimate of drug-likeness (QED) is 0.873. The summed E-state index contributed by atoms with van der Waals surface area (Å²) in [4.78, 5) is 0. The molecule has 0 amide bonds. The van der Waals surface area contributed by atoms with Gasteiger partial charge in [0.1, 0.15) is 5.76 Å². The molecule has 1 heterocycles. The van der Waals surface area contributed by atoms with Gasteiger partial charge in [-0.05, 0) is 36.8 Å². The Morgan fingerprint density at radius 3 is 2.71 bits per heavy atom. The standard InChI is InChI=1S/C15H16O2/c1-10-7-12(9-17-10)15(16)14-8-13(14)11-5-3-2-4-6-11/h2-7,9,13-16H,8H2,1H3. The van der Waals surface area contributed by atoms with E-state index in [1.165, 1.54) is 5.56 Å². The maximum absolute atomic E-state index is 10.2. The Kier molecular flexibility index (Phi) is 2.52. The molecule has 88 valence electrons. The fraction of sp³-hybridized carbons (Fsp3) is 0.333. The number of aliphatic hydroxyl groups is 1. The Balaban J connectivity index is 1.73. The fourth-order valence-corrected chi connectivity index (χ4v) is 2.51. The van der Waals surface area contributed by atoms with E-state index in [1.807, 2.05) is 19.1 Å². The summed E-state index contributed by atoms with van der Waals surface area (Å²) in [5.41, 5.74) is 2.24. The van der Waals surface area contributed by atoms with Gasteiger partial charge < -0.3 is 9.52 Å². The third-order valence-electron chi connectivity index (χ3n) is 3.57. The Morgan fingerprint density at radius 1 is 1.29 bits per heavy atom. The molecule has 1 aromatic carbocycles. The van der Waals surface area contributed by atoms with Gasteiger partial charge in [0.2, 0.25) is 0 Å². The maximum Gasteiger partial charge on any atom is 0.101 e. The maximum atomic E-state index is 10.2. The van der Waals surface area contributed by atoms with Gasteiger partial charge in [0, 0.05) is 5.56 Å². The van der Waals surface area contributed by atoms with Crippen LogP contribution in [0.15, 0.2) is 47.1 Å². The Morgan fingerprint density at radius 2 is 2.06 bits per heavy atom. The number of aryl methyl sites for hydroxylation is 1. The van der Waals surface area contributed by atoms with Crippen molar-refractivity contribution in [3.8, 4) is 0 Å². The molecule has 1 aliphatic rings. The summed E-state index contributed by atoms with van der Waals surface area (Å²) in [5, 5.41) is 10.2. The van der Waals surface area contributed by atoms with E-state index in [-0.39, 0.29) is 0 Å². The number of furan rings is 1. The van der Waals surface area contributed by atoms with Crippen LogP contribution in [0.25, 0.3) is 0 Å². The third kappa shape index (κ3) is 2.01. The van der Waals surface area contributed by atoms with Gasteiger partial charge >= 0.3 is 0 Å². The highest BCUT2D eigenvalue weighted by Gasteiger charge is 2.44. The second-order valence-electron chi connectivity index (χ2n) is 4.85. The predicted octanol–water partition coefficient (Wildman–Crippen LogP) is 3.43. The monoisotopic (exact) mass is 228 g/mol. The summed E-state index contributed by atoms with van der Waals surface area (Å²) >= 11 is 0. The molecule has 1 N–H and O–H groups in total. The van der Waals surface area contributed by atoms with E-state index < -0.39 is 6.10 Å². The van der Waals surface area contributed by atoms with Crippen LogP contribution in [0.3, 0.4) is 0 Å². The van der Waals surface area contributed by atoms with Gasteiger partial charge in [0.05, 0.1) is 12.4 Å². The lowest BCUT2D eigenvalue weighted by atomic mass is 10.0. The van der Waals surface area contributed by atoms with Crippen LogP contribution in [-0.4, -0.2) is 5.11 Å².